The lowest BCUT2D eigenvalue weighted by molar-refractivity contribution is -0.136. The molecule has 0 aromatic heterocycles. The SMILES string of the molecule is CCN(C)S(=O)(=O)Nc1ccc(NCCO)c(C(F)(F)F)c1. The number of rotatable bonds is 7. The fraction of sp³-hybridized carbons (Fsp3) is 0.500. The third kappa shape index (κ3) is 4.75. The van der Waals surface area contributed by atoms with Crippen LogP contribution in [0.2, 0.25) is 0 Å². The zero-order valence-corrected chi connectivity index (χ0v) is 12.9. The van der Waals surface area contributed by atoms with E-state index in [4.69, 9.17) is 5.11 Å². The first kappa shape index (κ1) is 18.5. The van der Waals surface area contributed by atoms with Crippen LogP contribution in [0.4, 0.5) is 24.5 Å². The van der Waals surface area contributed by atoms with Gasteiger partial charge in [-0.2, -0.15) is 25.9 Å². The number of halogens is 3. The minimum atomic E-state index is -4.66. The molecule has 6 nitrogen and oxygen atoms in total. The van der Waals surface area contributed by atoms with Crippen molar-refractivity contribution in [3.05, 3.63) is 23.8 Å². The molecule has 22 heavy (non-hydrogen) atoms. The van der Waals surface area contributed by atoms with E-state index >= 15 is 0 Å². The molecule has 0 amide bonds. The fourth-order valence-electron chi connectivity index (χ4n) is 1.58. The average Bonchev–Trinajstić information content (AvgIpc) is 2.43. The Hall–Kier alpha value is -1.52. The number of nitrogens with one attached hydrogen (secondary N) is 2. The summed E-state index contributed by atoms with van der Waals surface area (Å²) in [7, 11) is -2.59. The molecule has 0 radical (unpaired) electrons. The molecular formula is C12H18F3N3O3S. The average molecular weight is 341 g/mol. The largest absolute Gasteiger partial charge is 0.418 e. The van der Waals surface area contributed by atoms with Crippen molar-refractivity contribution in [2.24, 2.45) is 0 Å². The van der Waals surface area contributed by atoms with Gasteiger partial charge in [-0.25, -0.2) is 0 Å². The third-order valence-corrected chi connectivity index (χ3v) is 4.43. The lowest BCUT2D eigenvalue weighted by Crippen LogP contribution is -2.32. The second-order valence-corrected chi connectivity index (χ2v) is 6.21. The van der Waals surface area contributed by atoms with Crippen molar-refractivity contribution in [1.29, 1.82) is 0 Å². The first-order chi connectivity index (χ1) is 10.1. The van der Waals surface area contributed by atoms with E-state index < -0.39 is 21.9 Å². The topological polar surface area (TPSA) is 81.7 Å². The Balaban J connectivity index is 3.15. The molecule has 0 spiro atoms. The molecule has 0 aliphatic carbocycles. The van der Waals surface area contributed by atoms with E-state index in [1.54, 1.807) is 6.92 Å². The zero-order valence-electron chi connectivity index (χ0n) is 12.1. The van der Waals surface area contributed by atoms with Gasteiger partial charge < -0.3 is 10.4 Å². The van der Waals surface area contributed by atoms with Gasteiger partial charge in [-0.1, -0.05) is 6.92 Å². The van der Waals surface area contributed by atoms with Gasteiger partial charge in [0.1, 0.15) is 0 Å². The second-order valence-electron chi connectivity index (χ2n) is 4.43. The Bertz CT molecular complexity index is 605. The van der Waals surface area contributed by atoms with E-state index in [0.29, 0.717) is 6.07 Å². The summed E-state index contributed by atoms with van der Waals surface area (Å²) in [6.07, 6.45) is -4.66. The Morgan fingerprint density at radius 1 is 1.32 bits per heavy atom. The van der Waals surface area contributed by atoms with Gasteiger partial charge in [0.15, 0.2) is 0 Å². The van der Waals surface area contributed by atoms with Crippen LogP contribution in [0.1, 0.15) is 12.5 Å². The summed E-state index contributed by atoms with van der Waals surface area (Å²) in [4.78, 5) is 0. The number of aliphatic hydroxyl groups excluding tert-OH is 1. The molecule has 0 saturated carbocycles. The van der Waals surface area contributed by atoms with E-state index in [1.165, 1.54) is 13.1 Å². The second kappa shape index (κ2) is 7.16. The molecule has 0 heterocycles. The van der Waals surface area contributed by atoms with Gasteiger partial charge in [-0.15, -0.1) is 0 Å². The van der Waals surface area contributed by atoms with Crippen molar-refractivity contribution in [2.75, 3.05) is 36.8 Å². The Kier molecular flexibility index (Phi) is 6.03. The first-order valence-electron chi connectivity index (χ1n) is 6.42. The molecule has 1 rings (SSSR count). The molecule has 3 N–H and O–H groups in total. The summed E-state index contributed by atoms with van der Waals surface area (Å²) in [5.41, 5.74) is -1.43. The normalized spacial score (nSPS) is 12.5. The summed E-state index contributed by atoms with van der Waals surface area (Å²) >= 11 is 0. The Morgan fingerprint density at radius 3 is 2.45 bits per heavy atom. The molecule has 0 unspecified atom stereocenters. The molecule has 0 saturated heterocycles. The van der Waals surface area contributed by atoms with Crippen LogP contribution in [0.25, 0.3) is 0 Å². The van der Waals surface area contributed by atoms with E-state index in [2.05, 4.69) is 10.0 Å². The summed E-state index contributed by atoms with van der Waals surface area (Å²) in [6, 6.07) is 3.04. The molecule has 1 aromatic carbocycles. The standard InChI is InChI=1S/C12H18F3N3O3S/c1-3-18(2)22(20,21)17-9-4-5-11(16-6-7-19)10(8-9)12(13,14)15/h4-5,8,16-17,19H,3,6-7H2,1-2H3. The van der Waals surface area contributed by atoms with Crippen LogP contribution in [0.3, 0.4) is 0 Å². The lowest BCUT2D eigenvalue weighted by Gasteiger charge is -2.19. The zero-order chi connectivity index (χ0) is 17.0. The molecule has 0 fully saturated rings. The van der Waals surface area contributed by atoms with Crippen molar-refractivity contribution in [3.8, 4) is 0 Å². The predicted molar refractivity (Wildman–Crippen MR) is 77.9 cm³/mol. The van der Waals surface area contributed by atoms with Gasteiger partial charge in [0, 0.05) is 25.8 Å². The number of benzene rings is 1. The molecule has 0 bridgehead atoms. The highest BCUT2D eigenvalue weighted by molar-refractivity contribution is 7.90. The Morgan fingerprint density at radius 2 is 1.95 bits per heavy atom. The van der Waals surface area contributed by atoms with E-state index in [1.807, 2.05) is 0 Å². The van der Waals surface area contributed by atoms with Crippen LogP contribution in [-0.2, 0) is 16.4 Å². The highest BCUT2D eigenvalue weighted by Gasteiger charge is 2.34. The quantitative estimate of drug-likeness (QED) is 0.705. The molecule has 10 heteroatoms. The maximum atomic E-state index is 13.0. The smallest absolute Gasteiger partial charge is 0.395 e. The Labute approximate surface area is 127 Å². The minimum Gasteiger partial charge on any atom is -0.395 e. The molecule has 0 atom stereocenters. The van der Waals surface area contributed by atoms with Crippen LogP contribution in [0, 0.1) is 0 Å². The van der Waals surface area contributed by atoms with Gasteiger partial charge >= 0.3 is 16.4 Å². The highest BCUT2D eigenvalue weighted by atomic mass is 32.2. The van der Waals surface area contributed by atoms with E-state index in [-0.39, 0.29) is 31.1 Å². The summed E-state index contributed by atoms with van der Waals surface area (Å²) in [5, 5.41) is 11.1. The van der Waals surface area contributed by atoms with Crippen LogP contribution >= 0.6 is 0 Å². The van der Waals surface area contributed by atoms with Crippen LogP contribution in [0.15, 0.2) is 18.2 Å². The minimum absolute atomic E-state index is 0.0489. The lowest BCUT2D eigenvalue weighted by atomic mass is 10.1. The number of hydrogen-bond donors (Lipinski definition) is 3. The van der Waals surface area contributed by atoms with Gasteiger partial charge in [0.2, 0.25) is 0 Å². The predicted octanol–water partition coefficient (Wildman–Crippen LogP) is 1.72. The van der Waals surface area contributed by atoms with E-state index in [0.717, 1.165) is 10.4 Å². The fourth-order valence-corrected chi connectivity index (χ4v) is 2.50. The number of aliphatic hydroxyl groups is 1. The first-order valence-corrected chi connectivity index (χ1v) is 7.86. The van der Waals surface area contributed by atoms with Gasteiger partial charge in [-0.3, -0.25) is 4.72 Å². The maximum Gasteiger partial charge on any atom is 0.418 e. The number of hydrogen-bond acceptors (Lipinski definition) is 4. The summed E-state index contributed by atoms with van der Waals surface area (Å²) < 4.78 is 65.8. The molecule has 126 valence electrons. The summed E-state index contributed by atoms with van der Waals surface area (Å²) in [5.74, 6) is 0. The molecular weight excluding hydrogens is 323 g/mol. The van der Waals surface area contributed by atoms with Crippen molar-refractivity contribution in [3.63, 3.8) is 0 Å². The van der Waals surface area contributed by atoms with Crippen molar-refractivity contribution in [1.82, 2.24) is 4.31 Å². The van der Waals surface area contributed by atoms with Crippen LogP contribution < -0.4 is 10.0 Å². The maximum absolute atomic E-state index is 13.0. The van der Waals surface area contributed by atoms with Gasteiger partial charge in [0.25, 0.3) is 0 Å². The van der Waals surface area contributed by atoms with Gasteiger partial charge in [0.05, 0.1) is 17.9 Å². The van der Waals surface area contributed by atoms with Crippen molar-refractivity contribution >= 4 is 21.6 Å². The third-order valence-electron chi connectivity index (χ3n) is 2.85. The molecule has 0 aliphatic rings. The number of alkyl halides is 3. The molecule has 0 aliphatic heterocycles. The van der Waals surface area contributed by atoms with E-state index in [9.17, 15) is 21.6 Å². The summed E-state index contributed by atoms with van der Waals surface area (Å²) in [6.45, 7) is 1.40. The monoisotopic (exact) mass is 341 g/mol. The number of nitrogens with zero attached hydrogens (tertiary/aromatic N) is 1. The highest BCUT2D eigenvalue weighted by Crippen LogP contribution is 2.36. The van der Waals surface area contributed by atoms with Crippen LogP contribution in [0.5, 0.6) is 0 Å². The molecule has 1 aromatic rings. The van der Waals surface area contributed by atoms with Crippen LogP contribution in [-0.4, -0.2) is 44.6 Å². The number of anilines is 2. The van der Waals surface area contributed by atoms with Crippen molar-refractivity contribution in [2.45, 2.75) is 13.1 Å². The van der Waals surface area contributed by atoms with Gasteiger partial charge in [-0.05, 0) is 18.2 Å². The van der Waals surface area contributed by atoms with Crippen molar-refractivity contribution < 1.29 is 26.7 Å².